The van der Waals surface area contributed by atoms with Crippen LogP contribution in [-0.4, -0.2) is 16.8 Å². The number of Topliss-reactive ketones (excluding diaryl/α,β-unsaturated/α-hetero) is 1. The molecule has 1 aromatic heterocycles. The van der Waals surface area contributed by atoms with Crippen molar-refractivity contribution >= 4 is 5.78 Å². The van der Waals surface area contributed by atoms with Crippen LogP contribution in [0.2, 0.25) is 0 Å². The summed E-state index contributed by atoms with van der Waals surface area (Å²) in [6.45, 7) is 0. The highest BCUT2D eigenvalue weighted by Crippen LogP contribution is 2.31. The summed E-state index contributed by atoms with van der Waals surface area (Å²) in [6.07, 6.45) is 2.02. The molecule has 0 saturated heterocycles. The van der Waals surface area contributed by atoms with E-state index in [-0.39, 0.29) is 6.42 Å². The zero-order chi connectivity index (χ0) is 13.1. The summed E-state index contributed by atoms with van der Waals surface area (Å²) in [5.74, 6) is 1.27. The van der Waals surface area contributed by atoms with E-state index in [2.05, 4.69) is 10.9 Å². The standard InChI is InChI=1S/C11H9F3N2O/c1-2-3-9(15)10(17)7-6-16-5-4-8(7)11(12,13)14/h1,4-6,9H,3,15H2. The van der Waals surface area contributed by atoms with Crippen LogP contribution in [0.5, 0.6) is 0 Å². The number of aromatic nitrogens is 1. The van der Waals surface area contributed by atoms with Crippen LogP contribution in [0.1, 0.15) is 22.3 Å². The lowest BCUT2D eigenvalue weighted by Gasteiger charge is -2.13. The van der Waals surface area contributed by atoms with Gasteiger partial charge in [0.2, 0.25) is 0 Å². The maximum Gasteiger partial charge on any atom is 0.417 e. The lowest BCUT2D eigenvalue weighted by atomic mass is 9.99. The molecule has 0 aliphatic carbocycles. The summed E-state index contributed by atoms with van der Waals surface area (Å²) in [7, 11) is 0. The molecule has 1 unspecified atom stereocenters. The Bertz CT molecular complexity index is 463. The number of hydrogen-bond acceptors (Lipinski definition) is 3. The van der Waals surface area contributed by atoms with Gasteiger partial charge in [-0.25, -0.2) is 0 Å². The SMILES string of the molecule is C#CCC(N)C(=O)c1cnccc1C(F)(F)F. The molecule has 1 rings (SSSR count). The Morgan fingerprint density at radius 2 is 2.24 bits per heavy atom. The van der Waals surface area contributed by atoms with Gasteiger partial charge in [-0.15, -0.1) is 12.3 Å². The number of ketones is 1. The van der Waals surface area contributed by atoms with Crippen molar-refractivity contribution in [3.05, 3.63) is 29.6 Å². The Labute approximate surface area is 95.8 Å². The summed E-state index contributed by atoms with van der Waals surface area (Å²) in [4.78, 5) is 15.1. The molecule has 0 aliphatic heterocycles. The molecule has 1 atom stereocenters. The highest BCUT2D eigenvalue weighted by Gasteiger charge is 2.35. The van der Waals surface area contributed by atoms with Crippen molar-refractivity contribution in [2.24, 2.45) is 5.73 Å². The Balaban J connectivity index is 3.15. The molecule has 0 aliphatic rings. The second kappa shape index (κ2) is 4.97. The number of rotatable bonds is 3. The van der Waals surface area contributed by atoms with Gasteiger partial charge in [0.15, 0.2) is 5.78 Å². The number of terminal acetylenes is 1. The smallest absolute Gasteiger partial charge is 0.320 e. The molecule has 3 nitrogen and oxygen atoms in total. The van der Waals surface area contributed by atoms with E-state index in [4.69, 9.17) is 12.2 Å². The summed E-state index contributed by atoms with van der Waals surface area (Å²) in [6, 6.07) is -0.416. The first-order valence-corrected chi connectivity index (χ1v) is 4.62. The minimum absolute atomic E-state index is 0.120. The molecule has 17 heavy (non-hydrogen) atoms. The topological polar surface area (TPSA) is 56.0 Å². The molecule has 0 saturated carbocycles. The van der Waals surface area contributed by atoms with Gasteiger partial charge in [0.1, 0.15) is 0 Å². The number of carbonyl (C=O) groups excluding carboxylic acids is 1. The second-order valence-corrected chi connectivity index (χ2v) is 3.30. The Morgan fingerprint density at radius 3 is 2.76 bits per heavy atom. The summed E-state index contributed by atoms with van der Waals surface area (Å²) < 4.78 is 37.8. The summed E-state index contributed by atoms with van der Waals surface area (Å²) in [5.41, 5.74) is 3.78. The maximum atomic E-state index is 12.6. The predicted octanol–water partition coefficient (Wildman–Crippen LogP) is 1.63. The molecule has 6 heteroatoms. The fourth-order valence-corrected chi connectivity index (χ4v) is 1.26. The van der Waals surface area contributed by atoms with Crippen LogP contribution < -0.4 is 5.73 Å². The number of nitrogens with two attached hydrogens (primary N) is 1. The van der Waals surface area contributed by atoms with Gasteiger partial charge < -0.3 is 5.73 Å². The quantitative estimate of drug-likeness (QED) is 0.647. The third-order valence-corrected chi connectivity index (χ3v) is 2.07. The number of carbonyl (C=O) groups is 1. The fourth-order valence-electron chi connectivity index (χ4n) is 1.26. The largest absolute Gasteiger partial charge is 0.417 e. The third kappa shape index (κ3) is 3.04. The number of pyridine rings is 1. The molecule has 1 heterocycles. The molecular weight excluding hydrogens is 233 g/mol. The van der Waals surface area contributed by atoms with Crippen LogP contribution in [0.25, 0.3) is 0 Å². The van der Waals surface area contributed by atoms with Gasteiger partial charge in [-0.2, -0.15) is 13.2 Å². The van der Waals surface area contributed by atoms with Gasteiger partial charge in [-0.3, -0.25) is 9.78 Å². The lowest BCUT2D eigenvalue weighted by Crippen LogP contribution is -2.31. The number of alkyl halides is 3. The monoisotopic (exact) mass is 242 g/mol. The first-order valence-electron chi connectivity index (χ1n) is 4.62. The predicted molar refractivity (Wildman–Crippen MR) is 55.0 cm³/mol. The van der Waals surface area contributed by atoms with Crippen molar-refractivity contribution in [3.8, 4) is 12.3 Å². The Kier molecular flexibility index (Phi) is 3.86. The Hall–Kier alpha value is -1.87. The third-order valence-electron chi connectivity index (χ3n) is 2.07. The van der Waals surface area contributed by atoms with Crippen molar-refractivity contribution in [2.45, 2.75) is 18.6 Å². The van der Waals surface area contributed by atoms with E-state index in [9.17, 15) is 18.0 Å². The first kappa shape index (κ1) is 13.2. The van der Waals surface area contributed by atoms with Crippen LogP contribution in [0, 0.1) is 12.3 Å². The molecule has 90 valence electrons. The zero-order valence-corrected chi connectivity index (χ0v) is 8.66. The van der Waals surface area contributed by atoms with Gasteiger partial charge in [-0.05, 0) is 6.07 Å². The first-order chi connectivity index (χ1) is 7.88. The molecule has 0 aromatic carbocycles. The van der Waals surface area contributed by atoms with E-state index >= 15 is 0 Å². The van der Waals surface area contributed by atoms with Crippen LogP contribution in [0.4, 0.5) is 13.2 Å². The van der Waals surface area contributed by atoms with Crippen molar-refractivity contribution in [1.82, 2.24) is 4.98 Å². The summed E-state index contributed by atoms with van der Waals surface area (Å²) >= 11 is 0. The van der Waals surface area contributed by atoms with Crippen LogP contribution in [-0.2, 0) is 6.18 Å². The number of nitrogens with zero attached hydrogens (tertiary/aromatic N) is 1. The Morgan fingerprint density at radius 1 is 1.59 bits per heavy atom. The van der Waals surface area contributed by atoms with E-state index in [1.165, 1.54) is 0 Å². The van der Waals surface area contributed by atoms with Crippen LogP contribution in [0.15, 0.2) is 18.5 Å². The van der Waals surface area contributed by atoms with Crippen molar-refractivity contribution in [3.63, 3.8) is 0 Å². The minimum Gasteiger partial charge on any atom is -0.320 e. The van der Waals surface area contributed by atoms with Gasteiger partial charge in [0, 0.05) is 24.4 Å². The molecule has 0 spiro atoms. The molecular formula is C11H9F3N2O. The molecule has 2 N–H and O–H groups in total. The lowest BCUT2D eigenvalue weighted by molar-refractivity contribution is -0.138. The molecule has 0 radical (unpaired) electrons. The number of hydrogen-bond donors (Lipinski definition) is 1. The minimum atomic E-state index is -4.62. The van der Waals surface area contributed by atoms with Gasteiger partial charge in [0.25, 0.3) is 0 Å². The number of halogens is 3. The fraction of sp³-hybridized carbons (Fsp3) is 0.273. The maximum absolute atomic E-state index is 12.6. The van der Waals surface area contributed by atoms with Crippen molar-refractivity contribution in [2.75, 3.05) is 0 Å². The van der Waals surface area contributed by atoms with Gasteiger partial charge in [0.05, 0.1) is 11.6 Å². The molecule has 0 bridgehead atoms. The van der Waals surface area contributed by atoms with Crippen molar-refractivity contribution in [1.29, 1.82) is 0 Å². The average molecular weight is 242 g/mol. The van der Waals surface area contributed by atoms with E-state index in [1.54, 1.807) is 0 Å². The van der Waals surface area contributed by atoms with E-state index in [1.807, 2.05) is 0 Å². The second-order valence-electron chi connectivity index (χ2n) is 3.30. The average Bonchev–Trinajstić information content (AvgIpc) is 2.27. The van der Waals surface area contributed by atoms with E-state index in [0.29, 0.717) is 0 Å². The van der Waals surface area contributed by atoms with Gasteiger partial charge >= 0.3 is 6.18 Å². The summed E-state index contributed by atoms with van der Waals surface area (Å²) in [5, 5.41) is 0. The van der Waals surface area contributed by atoms with Crippen LogP contribution >= 0.6 is 0 Å². The highest BCUT2D eigenvalue weighted by atomic mass is 19.4. The van der Waals surface area contributed by atoms with E-state index in [0.717, 1.165) is 18.5 Å². The normalized spacial score (nSPS) is 12.9. The zero-order valence-electron chi connectivity index (χ0n) is 8.66. The highest BCUT2D eigenvalue weighted by molar-refractivity contribution is 6.01. The van der Waals surface area contributed by atoms with E-state index < -0.39 is 29.1 Å². The van der Waals surface area contributed by atoms with Crippen molar-refractivity contribution < 1.29 is 18.0 Å². The van der Waals surface area contributed by atoms with Crippen LogP contribution in [0.3, 0.4) is 0 Å². The van der Waals surface area contributed by atoms with Gasteiger partial charge in [-0.1, -0.05) is 0 Å². The molecule has 1 aromatic rings. The molecule has 0 amide bonds. The molecule has 0 fully saturated rings.